The predicted molar refractivity (Wildman–Crippen MR) is 53.0 cm³/mol. The van der Waals surface area contributed by atoms with Crippen molar-refractivity contribution in [2.24, 2.45) is 0 Å². The summed E-state index contributed by atoms with van der Waals surface area (Å²) in [7, 11) is 0. The Balaban J connectivity index is 2.45. The van der Waals surface area contributed by atoms with E-state index >= 15 is 0 Å². The molecule has 0 radical (unpaired) electrons. The van der Waals surface area contributed by atoms with Crippen molar-refractivity contribution in [1.29, 1.82) is 5.26 Å². The van der Waals surface area contributed by atoms with Crippen LogP contribution >= 0.6 is 0 Å². The molecule has 1 aromatic carbocycles. The lowest BCUT2D eigenvalue weighted by atomic mass is 10.2. The summed E-state index contributed by atoms with van der Waals surface area (Å²) in [4.78, 5) is 0. The van der Waals surface area contributed by atoms with Crippen LogP contribution < -0.4 is 0 Å². The van der Waals surface area contributed by atoms with Crippen molar-refractivity contribution in [2.75, 3.05) is 0 Å². The van der Waals surface area contributed by atoms with Gasteiger partial charge in [-0.2, -0.15) is 10.4 Å². The van der Waals surface area contributed by atoms with Crippen molar-refractivity contribution >= 4 is 0 Å². The summed E-state index contributed by atoms with van der Waals surface area (Å²) in [5.74, 6) is 0. The molecule has 0 N–H and O–H groups in total. The van der Waals surface area contributed by atoms with Gasteiger partial charge in [0.25, 0.3) is 0 Å². The Hall–Kier alpha value is -2.08. The minimum Gasteiger partial charge on any atom is -0.238 e. The summed E-state index contributed by atoms with van der Waals surface area (Å²) in [6.45, 7) is 1.99. The molecule has 0 aliphatic heterocycles. The summed E-state index contributed by atoms with van der Waals surface area (Å²) in [5, 5.41) is 12.8. The Morgan fingerprint density at radius 3 is 2.43 bits per heavy atom. The van der Waals surface area contributed by atoms with Crippen LogP contribution in [0.15, 0.2) is 36.5 Å². The van der Waals surface area contributed by atoms with Crippen LogP contribution in [0.25, 0.3) is 5.69 Å². The average molecular weight is 183 g/mol. The third kappa shape index (κ3) is 1.38. The summed E-state index contributed by atoms with van der Waals surface area (Å²) >= 11 is 0. The van der Waals surface area contributed by atoms with Gasteiger partial charge in [0.05, 0.1) is 17.3 Å². The van der Waals surface area contributed by atoms with Crippen molar-refractivity contribution in [2.45, 2.75) is 6.92 Å². The molecule has 0 aliphatic rings. The molecule has 0 atom stereocenters. The molecule has 68 valence electrons. The maximum atomic E-state index is 8.64. The third-order valence-electron chi connectivity index (χ3n) is 2.07. The van der Waals surface area contributed by atoms with Crippen LogP contribution in [-0.2, 0) is 0 Å². The molecule has 0 bridgehead atoms. The number of benzene rings is 1. The van der Waals surface area contributed by atoms with Crippen LogP contribution in [0.2, 0.25) is 0 Å². The Bertz CT molecular complexity index is 474. The Morgan fingerprint density at radius 1 is 1.21 bits per heavy atom. The zero-order chi connectivity index (χ0) is 9.97. The van der Waals surface area contributed by atoms with Crippen LogP contribution in [-0.4, -0.2) is 9.78 Å². The molecule has 14 heavy (non-hydrogen) atoms. The van der Waals surface area contributed by atoms with E-state index in [1.807, 2.05) is 29.8 Å². The fourth-order valence-corrected chi connectivity index (χ4v) is 1.32. The van der Waals surface area contributed by atoms with Crippen LogP contribution in [0.1, 0.15) is 11.3 Å². The van der Waals surface area contributed by atoms with Gasteiger partial charge < -0.3 is 0 Å². The third-order valence-corrected chi connectivity index (χ3v) is 2.07. The van der Waals surface area contributed by atoms with E-state index in [9.17, 15) is 0 Å². The van der Waals surface area contributed by atoms with Gasteiger partial charge in [-0.05, 0) is 37.3 Å². The summed E-state index contributed by atoms with van der Waals surface area (Å²) < 4.78 is 1.83. The van der Waals surface area contributed by atoms with Gasteiger partial charge >= 0.3 is 0 Å². The lowest BCUT2D eigenvalue weighted by Crippen LogP contribution is -1.97. The fraction of sp³-hybridized carbons (Fsp3) is 0.0909. The minimum absolute atomic E-state index is 0.665. The lowest BCUT2D eigenvalue weighted by molar-refractivity contribution is 0.847. The molecule has 0 unspecified atom stereocenters. The van der Waals surface area contributed by atoms with E-state index in [1.54, 1.807) is 18.3 Å². The summed E-state index contributed by atoms with van der Waals surface area (Å²) in [6.07, 6.45) is 1.76. The second kappa shape index (κ2) is 3.35. The van der Waals surface area contributed by atoms with Gasteiger partial charge in [0, 0.05) is 11.9 Å². The fourth-order valence-electron chi connectivity index (χ4n) is 1.32. The quantitative estimate of drug-likeness (QED) is 0.679. The lowest BCUT2D eigenvalue weighted by Gasteiger charge is -2.03. The van der Waals surface area contributed by atoms with Crippen molar-refractivity contribution in [1.82, 2.24) is 9.78 Å². The number of aromatic nitrogens is 2. The number of rotatable bonds is 1. The van der Waals surface area contributed by atoms with E-state index in [0.29, 0.717) is 5.56 Å². The molecule has 3 nitrogen and oxygen atoms in total. The van der Waals surface area contributed by atoms with E-state index < -0.39 is 0 Å². The van der Waals surface area contributed by atoms with Gasteiger partial charge in [-0.25, -0.2) is 4.68 Å². The van der Waals surface area contributed by atoms with E-state index in [4.69, 9.17) is 5.26 Å². The summed E-state index contributed by atoms with van der Waals surface area (Å²) in [6, 6.07) is 11.4. The first kappa shape index (κ1) is 8.52. The highest BCUT2D eigenvalue weighted by atomic mass is 15.3. The maximum Gasteiger partial charge on any atom is 0.0991 e. The standard InChI is InChI=1S/C11H9N3/c1-9-6-7-13-14(9)11-4-2-10(8-12)3-5-11/h2-7H,1H3. The number of nitriles is 1. The van der Waals surface area contributed by atoms with Crippen LogP contribution in [0.3, 0.4) is 0 Å². The molecule has 2 aromatic rings. The van der Waals surface area contributed by atoms with Crippen LogP contribution in [0.5, 0.6) is 0 Å². The zero-order valence-corrected chi connectivity index (χ0v) is 7.81. The van der Waals surface area contributed by atoms with Gasteiger partial charge in [0.15, 0.2) is 0 Å². The first-order valence-corrected chi connectivity index (χ1v) is 4.32. The van der Waals surface area contributed by atoms with Gasteiger partial charge in [0.2, 0.25) is 0 Å². The molecule has 0 spiro atoms. The largest absolute Gasteiger partial charge is 0.238 e. The topological polar surface area (TPSA) is 41.6 Å². The predicted octanol–water partition coefficient (Wildman–Crippen LogP) is 2.05. The monoisotopic (exact) mass is 183 g/mol. The van der Waals surface area contributed by atoms with E-state index in [1.165, 1.54) is 0 Å². The molecule has 0 amide bonds. The van der Waals surface area contributed by atoms with Crippen LogP contribution in [0.4, 0.5) is 0 Å². The number of nitrogens with zero attached hydrogens (tertiary/aromatic N) is 3. The molecule has 0 aliphatic carbocycles. The second-order valence-electron chi connectivity index (χ2n) is 3.04. The Kier molecular flexibility index (Phi) is 2.04. The van der Waals surface area contributed by atoms with Gasteiger partial charge in [-0.15, -0.1) is 0 Å². The molecular formula is C11H9N3. The van der Waals surface area contributed by atoms with E-state index in [0.717, 1.165) is 11.4 Å². The average Bonchev–Trinajstić information content (AvgIpc) is 2.65. The van der Waals surface area contributed by atoms with Crippen molar-refractivity contribution < 1.29 is 0 Å². The van der Waals surface area contributed by atoms with Crippen molar-refractivity contribution in [3.05, 3.63) is 47.8 Å². The number of aryl methyl sites for hydroxylation is 1. The Morgan fingerprint density at radius 2 is 1.93 bits per heavy atom. The van der Waals surface area contributed by atoms with Gasteiger partial charge in [-0.1, -0.05) is 0 Å². The van der Waals surface area contributed by atoms with Gasteiger partial charge in [0.1, 0.15) is 0 Å². The minimum atomic E-state index is 0.665. The van der Waals surface area contributed by atoms with E-state index in [2.05, 4.69) is 11.2 Å². The SMILES string of the molecule is Cc1ccnn1-c1ccc(C#N)cc1. The van der Waals surface area contributed by atoms with Crippen molar-refractivity contribution in [3.63, 3.8) is 0 Å². The van der Waals surface area contributed by atoms with Crippen molar-refractivity contribution in [3.8, 4) is 11.8 Å². The molecule has 2 rings (SSSR count). The maximum absolute atomic E-state index is 8.64. The summed E-state index contributed by atoms with van der Waals surface area (Å²) in [5.41, 5.74) is 2.72. The number of hydrogen-bond donors (Lipinski definition) is 0. The molecule has 0 saturated carbocycles. The molecular weight excluding hydrogens is 174 g/mol. The molecule has 0 saturated heterocycles. The smallest absolute Gasteiger partial charge is 0.0991 e. The Labute approximate surface area is 82.2 Å². The number of hydrogen-bond acceptors (Lipinski definition) is 2. The highest BCUT2D eigenvalue weighted by Gasteiger charge is 1.99. The molecule has 1 aromatic heterocycles. The first-order valence-electron chi connectivity index (χ1n) is 4.32. The highest BCUT2D eigenvalue weighted by molar-refractivity contribution is 5.39. The van der Waals surface area contributed by atoms with Gasteiger partial charge in [-0.3, -0.25) is 0 Å². The molecule has 0 fully saturated rings. The normalized spacial score (nSPS) is 9.71. The van der Waals surface area contributed by atoms with Crippen LogP contribution in [0, 0.1) is 18.3 Å². The zero-order valence-electron chi connectivity index (χ0n) is 7.81. The van der Waals surface area contributed by atoms with E-state index in [-0.39, 0.29) is 0 Å². The molecule has 1 heterocycles. The highest BCUT2D eigenvalue weighted by Crippen LogP contribution is 2.10. The second-order valence-corrected chi connectivity index (χ2v) is 3.04. The molecule has 3 heteroatoms. The first-order chi connectivity index (χ1) is 6.81.